The van der Waals surface area contributed by atoms with Gasteiger partial charge in [-0.1, -0.05) is 78.9 Å². The van der Waals surface area contributed by atoms with E-state index in [1.54, 1.807) is 0 Å². The predicted octanol–water partition coefficient (Wildman–Crippen LogP) is 10.9. The molecule has 1 aliphatic rings. The number of allylic oxidation sites excluding steroid dienone is 1. The third-order valence-electron chi connectivity index (χ3n) is 8.73. The Kier molecular flexibility index (Phi) is 8.50. The lowest BCUT2D eigenvalue weighted by molar-refractivity contribution is 0.443. The first-order valence-corrected chi connectivity index (χ1v) is 15.4. The molecule has 5 rings (SSSR count). The van der Waals surface area contributed by atoms with Crippen LogP contribution in [0.2, 0.25) is 0 Å². The van der Waals surface area contributed by atoms with Crippen molar-refractivity contribution in [2.24, 2.45) is 0 Å². The number of nitrogens with zero attached hydrogens (tertiary/aromatic N) is 2. The zero-order valence-electron chi connectivity index (χ0n) is 25.8. The monoisotopic (exact) mass is 544 g/mol. The van der Waals surface area contributed by atoms with Crippen LogP contribution in [0.4, 0.5) is 0 Å². The Morgan fingerprint density at radius 1 is 0.927 bits per heavy atom. The van der Waals surface area contributed by atoms with Gasteiger partial charge < -0.3 is 4.42 Å². The maximum atomic E-state index is 6.73. The zero-order chi connectivity index (χ0) is 29.3. The first-order chi connectivity index (χ1) is 19.7. The fourth-order valence-corrected chi connectivity index (χ4v) is 6.44. The highest BCUT2D eigenvalue weighted by molar-refractivity contribution is 5.90. The van der Waals surface area contributed by atoms with Crippen molar-refractivity contribution >= 4 is 17.2 Å². The Balaban J connectivity index is 1.71. The maximum Gasteiger partial charge on any atom is 0.228 e. The van der Waals surface area contributed by atoms with E-state index < -0.39 is 0 Å². The van der Waals surface area contributed by atoms with Crippen LogP contribution in [-0.2, 0) is 0 Å². The predicted molar refractivity (Wildman–Crippen MR) is 173 cm³/mol. The average Bonchev–Trinajstić information content (AvgIpc) is 3.40. The van der Waals surface area contributed by atoms with Gasteiger partial charge in [-0.3, -0.25) is 4.98 Å². The summed E-state index contributed by atoms with van der Waals surface area (Å²) >= 11 is 0. The topological polar surface area (TPSA) is 38.9 Å². The molecule has 1 fully saturated rings. The smallest absolute Gasteiger partial charge is 0.228 e. The molecule has 0 spiro atoms. The average molecular weight is 545 g/mol. The van der Waals surface area contributed by atoms with Crippen LogP contribution in [0, 0.1) is 19.3 Å². The van der Waals surface area contributed by atoms with E-state index in [1.165, 1.54) is 65.5 Å². The van der Waals surface area contributed by atoms with E-state index in [1.807, 2.05) is 18.3 Å². The van der Waals surface area contributed by atoms with Crippen molar-refractivity contribution in [2.75, 3.05) is 0 Å². The lowest BCUT2D eigenvalue weighted by atomic mass is 9.80. The van der Waals surface area contributed by atoms with E-state index in [4.69, 9.17) is 20.8 Å². The summed E-state index contributed by atoms with van der Waals surface area (Å²) in [6, 6.07) is 11.2. The van der Waals surface area contributed by atoms with Crippen LogP contribution < -0.4 is 0 Å². The number of aryl methyl sites for hydroxylation is 1. The van der Waals surface area contributed by atoms with Crippen molar-refractivity contribution in [3.05, 3.63) is 76.0 Å². The molecule has 1 aliphatic carbocycles. The molecule has 212 valence electrons. The van der Waals surface area contributed by atoms with E-state index in [0.29, 0.717) is 29.6 Å². The Morgan fingerprint density at radius 3 is 2.22 bits per heavy atom. The molecule has 0 aliphatic heterocycles. The number of terminal acetylenes is 1. The van der Waals surface area contributed by atoms with Crippen LogP contribution in [0.5, 0.6) is 0 Å². The first kappa shape index (κ1) is 28.9. The molecule has 4 aromatic rings. The van der Waals surface area contributed by atoms with E-state index >= 15 is 0 Å². The molecule has 3 heteroatoms. The Hall–Kier alpha value is -3.64. The van der Waals surface area contributed by atoms with Crippen molar-refractivity contribution in [1.29, 1.82) is 0 Å². The van der Waals surface area contributed by atoms with Gasteiger partial charge in [0.1, 0.15) is 11.2 Å². The van der Waals surface area contributed by atoms with E-state index in [-0.39, 0.29) is 0 Å². The van der Waals surface area contributed by atoms with E-state index in [9.17, 15) is 0 Å². The Labute approximate surface area is 246 Å². The minimum absolute atomic E-state index is 0.345. The molecule has 0 radical (unpaired) electrons. The van der Waals surface area contributed by atoms with Gasteiger partial charge in [0.05, 0.1) is 0 Å². The van der Waals surface area contributed by atoms with Gasteiger partial charge in [0.15, 0.2) is 5.58 Å². The van der Waals surface area contributed by atoms with Gasteiger partial charge in [-0.25, -0.2) is 4.98 Å². The first-order valence-electron chi connectivity index (χ1n) is 15.4. The van der Waals surface area contributed by atoms with Crippen LogP contribution in [-0.4, -0.2) is 9.97 Å². The van der Waals surface area contributed by atoms with Crippen molar-refractivity contribution in [3.63, 3.8) is 0 Å². The highest BCUT2D eigenvalue weighted by atomic mass is 16.3. The summed E-state index contributed by atoms with van der Waals surface area (Å²) in [5.41, 5.74) is 12.4. The van der Waals surface area contributed by atoms with Crippen LogP contribution in [0.1, 0.15) is 131 Å². The van der Waals surface area contributed by atoms with Gasteiger partial charge in [-0.05, 0) is 107 Å². The molecular weight excluding hydrogens is 500 g/mol. The number of hydrogen-bond donors (Lipinski definition) is 0. The van der Waals surface area contributed by atoms with Crippen LogP contribution in [0.25, 0.3) is 39.9 Å². The van der Waals surface area contributed by atoms with Gasteiger partial charge in [0.2, 0.25) is 5.89 Å². The fraction of sp³-hybridized carbons (Fsp3) is 0.421. The maximum absolute atomic E-state index is 6.73. The lowest BCUT2D eigenvalue weighted by Crippen LogP contribution is -2.07. The fourth-order valence-electron chi connectivity index (χ4n) is 6.44. The number of fused-ring (bicyclic) bond motifs is 1. The highest BCUT2D eigenvalue weighted by Gasteiger charge is 2.25. The summed E-state index contributed by atoms with van der Waals surface area (Å²) in [7, 11) is 0. The number of oxazole rings is 1. The molecule has 0 atom stereocenters. The minimum Gasteiger partial charge on any atom is -0.434 e. The number of hydrogen-bond acceptors (Lipinski definition) is 3. The van der Waals surface area contributed by atoms with E-state index in [0.717, 1.165) is 27.9 Å². The molecular formula is C38H44N2O. The molecule has 41 heavy (non-hydrogen) atoms. The largest absolute Gasteiger partial charge is 0.434 e. The van der Waals surface area contributed by atoms with Crippen molar-refractivity contribution in [3.8, 4) is 35.1 Å². The summed E-state index contributed by atoms with van der Waals surface area (Å²) in [5.74, 6) is 5.05. The Bertz CT molecular complexity index is 1590. The number of aromatic nitrogens is 2. The second kappa shape index (κ2) is 12.1. The van der Waals surface area contributed by atoms with Gasteiger partial charge in [0, 0.05) is 17.3 Å². The number of rotatable bonds is 7. The molecule has 2 aromatic heterocycles. The van der Waals surface area contributed by atoms with Gasteiger partial charge >= 0.3 is 0 Å². The van der Waals surface area contributed by atoms with Crippen LogP contribution in [0.3, 0.4) is 0 Å². The standard InChI is InChI=1S/C38H44N2O/c1-9-10-16-30-26(8)19-29(22-33(30)27-14-12-11-13-15-27)36-37-34(17-18-39-36)40-38(41-37)35-31(24(4)5)20-28(23(2)3)21-32(35)25(6)7/h1,10,16-25,27H,11-15H2,2-8H3/b16-10-. The molecule has 0 bridgehead atoms. The third kappa shape index (κ3) is 5.76. The Morgan fingerprint density at radius 2 is 1.61 bits per heavy atom. The molecule has 0 saturated heterocycles. The summed E-state index contributed by atoms with van der Waals surface area (Å²) in [6.07, 6.45) is 17.7. The normalized spacial score (nSPS) is 14.7. The third-order valence-corrected chi connectivity index (χ3v) is 8.73. The second-order valence-corrected chi connectivity index (χ2v) is 12.7. The van der Waals surface area contributed by atoms with Crippen molar-refractivity contribution < 1.29 is 4.42 Å². The molecule has 0 unspecified atom stereocenters. The van der Waals surface area contributed by atoms with E-state index in [2.05, 4.69) is 84.7 Å². The van der Waals surface area contributed by atoms with Crippen LogP contribution >= 0.6 is 0 Å². The molecule has 1 saturated carbocycles. The summed E-state index contributed by atoms with van der Waals surface area (Å²) in [5, 5.41) is 0. The van der Waals surface area contributed by atoms with Gasteiger partial charge in [-0.2, -0.15) is 0 Å². The molecule has 2 aromatic carbocycles. The minimum atomic E-state index is 0.345. The zero-order valence-corrected chi connectivity index (χ0v) is 25.8. The van der Waals surface area contributed by atoms with Crippen LogP contribution in [0.15, 0.2) is 47.0 Å². The quantitative estimate of drug-likeness (QED) is 0.217. The second-order valence-electron chi connectivity index (χ2n) is 12.7. The molecule has 2 heterocycles. The number of pyridine rings is 1. The molecule has 0 amide bonds. The SMILES string of the molecule is C#C/C=C\c1c(C)cc(-c2nccc3nc(-c4c(C(C)C)cc(C(C)C)cc4C(C)C)oc23)cc1C1CCCCC1. The highest BCUT2D eigenvalue weighted by Crippen LogP contribution is 2.42. The summed E-state index contributed by atoms with van der Waals surface area (Å²) in [4.78, 5) is 9.95. The molecule has 3 nitrogen and oxygen atoms in total. The summed E-state index contributed by atoms with van der Waals surface area (Å²) < 4.78 is 6.73. The summed E-state index contributed by atoms with van der Waals surface area (Å²) in [6.45, 7) is 15.7. The lowest BCUT2D eigenvalue weighted by Gasteiger charge is -2.25. The molecule has 0 N–H and O–H groups in total. The number of benzene rings is 2. The van der Waals surface area contributed by atoms with Crippen molar-refractivity contribution in [1.82, 2.24) is 9.97 Å². The van der Waals surface area contributed by atoms with Crippen molar-refractivity contribution in [2.45, 2.75) is 104 Å². The van der Waals surface area contributed by atoms with Gasteiger partial charge in [0.25, 0.3) is 0 Å². The van der Waals surface area contributed by atoms with Gasteiger partial charge in [-0.15, -0.1) is 6.42 Å².